The Morgan fingerprint density at radius 1 is 1.47 bits per heavy atom. The fourth-order valence-electron chi connectivity index (χ4n) is 3.11. The van der Waals surface area contributed by atoms with E-state index in [-0.39, 0.29) is 0 Å². The molecule has 2 rings (SSSR count). The Labute approximate surface area is 109 Å². The number of hydrogen-bond donors (Lipinski definition) is 1. The van der Waals surface area contributed by atoms with E-state index in [0.29, 0.717) is 6.04 Å². The van der Waals surface area contributed by atoms with E-state index in [2.05, 4.69) is 36.6 Å². The lowest BCUT2D eigenvalue weighted by Crippen LogP contribution is -2.39. The molecule has 0 radical (unpaired) electrons. The van der Waals surface area contributed by atoms with Crippen molar-refractivity contribution in [2.45, 2.75) is 52.0 Å². The highest BCUT2D eigenvalue weighted by Crippen LogP contribution is 2.33. The molecule has 3 unspecified atom stereocenters. The van der Waals surface area contributed by atoms with Crippen LogP contribution in [0.2, 0.25) is 0 Å². The molecule has 1 fully saturated rings. The second kappa shape index (κ2) is 5.96. The van der Waals surface area contributed by atoms with Crippen LogP contribution >= 0.6 is 11.3 Å². The number of aryl methyl sites for hydroxylation is 1. The van der Waals surface area contributed by atoms with Gasteiger partial charge in [0.1, 0.15) is 0 Å². The summed E-state index contributed by atoms with van der Waals surface area (Å²) in [6, 6.07) is 0.694. The molecule has 0 aromatic carbocycles. The molecule has 3 atom stereocenters. The van der Waals surface area contributed by atoms with E-state index in [0.717, 1.165) is 18.3 Å². The van der Waals surface area contributed by atoms with Crippen molar-refractivity contribution in [1.29, 1.82) is 0 Å². The molecule has 17 heavy (non-hydrogen) atoms. The van der Waals surface area contributed by atoms with Crippen molar-refractivity contribution in [2.24, 2.45) is 11.8 Å². The van der Waals surface area contributed by atoms with Crippen LogP contribution in [-0.4, -0.2) is 18.1 Å². The van der Waals surface area contributed by atoms with Crippen LogP contribution in [-0.2, 0) is 6.42 Å². The average Bonchev–Trinajstić information content (AvgIpc) is 2.74. The zero-order valence-corrected chi connectivity index (χ0v) is 12.0. The van der Waals surface area contributed by atoms with Crippen LogP contribution in [0.3, 0.4) is 0 Å². The van der Waals surface area contributed by atoms with E-state index in [4.69, 9.17) is 0 Å². The van der Waals surface area contributed by atoms with Crippen molar-refractivity contribution in [3.8, 4) is 0 Å². The molecule has 0 amide bonds. The fraction of sp³-hybridized carbons (Fsp3) is 0.786. The number of thiazole rings is 1. The van der Waals surface area contributed by atoms with Crippen LogP contribution in [0.5, 0.6) is 0 Å². The summed E-state index contributed by atoms with van der Waals surface area (Å²) in [5.74, 6) is 1.71. The third-order valence-electron chi connectivity index (χ3n) is 4.18. The van der Waals surface area contributed by atoms with Gasteiger partial charge in [-0.15, -0.1) is 11.3 Å². The molecule has 1 aromatic heterocycles. The van der Waals surface area contributed by atoms with Crippen molar-refractivity contribution in [2.75, 3.05) is 7.05 Å². The third kappa shape index (κ3) is 3.29. The minimum absolute atomic E-state index is 0.694. The largest absolute Gasteiger partial charge is 0.317 e. The van der Waals surface area contributed by atoms with Gasteiger partial charge in [-0.2, -0.15) is 0 Å². The summed E-state index contributed by atoms with van der Waals surface area (Å²) in [6.07, 6.45) is 6.60. The first-order valence-electron chi connectivity index (χ1n) is 6.81. The molecule has 0 bridgehead atoms. The van der Waals surface area contributed by atoms with Crippen molar-refractivity contribution < 1.29 is 0 Å². The molecule has 1 saturated carbocycles. The van der Waals surface area contributed by atoms with Crippen LogP contribution in [0.15, 0.2) is 5.38 Å². The van der Waals surface area contributed by atoms with Crippen LogP contribution in [0.1, 0.15) is 43.3 Å². The summed E-state index contributed by atoms with van der Waals surface area (Å²) >= 11 is 1.78. The van der Waals surface area contributed by atoms with Crippen molar-refractivity contribution >= 4 is 11.3 Å². The average molecular weight is 252 g/mol. The minimum Gasteiger partial charge on any atom is -0.317 e. The van der Waals surface area contributed by atoms with Gasteiger partial charge in [-0.05, 0) is 51.5 Å². The SMILES string of the molecule is CCC1CCC(NC)C(Cc2csc(C)n2)C1. The number of rotatable bonds is 4. The van der Waals surface area contributed by atoms with Gasteiger partial charge in [0.15, 0.2) is 0 Å². The quantitative estimate of drug-likeness (QED) is 0.888. The number of nitrogens with one attached hydrogen (secondary N) is 1. The number of nitrogens with zero attached hydrogens (tertiary/aromatic N) is 1. The van der Waals surface area contributed by atoms with E-state index >= 15 is 0 Å². The van der Waals surface area contributed by atoms with Crippen molar-refractivity contribution in [3.63, 3.8) is 0 Å². The Morgan fingerprint density at radius 2 is 2.29 bits per heavy atom. The van der Waals surface area contributed by atoms with Crippen molar-refractivity contribution in [3.05, 3.63) is 16.1 Å². The molecule has 1 aliphatic rings. The molecule has 1 N–H and O–H groups in total. The number of aromatic nitrogens is 1. The predicted molar refractivity (Wildman–Crippen MR) is 74.5 cm³/mol. The monoisotopic (exact) mass is 252 g/mol. The predicted octanol–water partition coefficient (Wildman–Crippen LogP) is 3.41. The van der Waals surface area contributed by atoms with Gasteiger partial charge in [0, 0.05) is 11.4 Å². The maximum atomic E-state index is 4.62. The Balaban J connectivity index is 2.00. The van der Waals surface area contributed by atoms with Gasteiger partial charge in [0.2, 0.25) is 0 Å². The molecule has 3 heteroatoms. The molecule has 1 aromatic rings. The summed E-state index contributed by atoms with van der Waals surface area (Å²) in [5.41, 5.74) is 1.30. The van der Waals surface area contributed by atoms with Gasteiger partial charge in [0.25, 0.3) is 0 Å². The zero-order valence-electron chi connectivity index (χ0n) is 11.2. The summed E-state index contributed by atoms with van der Waals surface area (Å²) < 4.78 is 0. The fourth-order valence-corrected chi connectivity index (χ4v) is 3.73. The van der Waals surface area contributed by atoms with E-state index in [1.807, 2.05) is 0 Å². The van der Waals surface area contributed by atoms with E-state index in [1.54, 1.807) is 11.3 Å². The summed E-state index contributed by atoms with van der Waals surface area (Å²) in [5, 5.41) is 6.93. The molecule has 2 nitrogen and oxygen atoms in total. The Hall–Kier alpha value is -0.410. The van der Waals surface area contributed by atoms with Gasteiger partial charge in [-0.1, -0.05) is 13.3 Å². The maximum absolute atomic E-state index is 4.62. The third-order valence-corrected chi connectivity index (χ3v) is 5.00. The molecular weight excluding hydrogens is 228 g/mol. The molecule has 96 valence electrons. The van der Waals surface area contributed by atoms with E-state index in [9.17, 15) is 0 Å². The van der Waals surface area contributed by atoms with Gasteiger partial charge in [-0.25, -0.2) is 4.98 Å². The second-order valence-electron chi connectivity index (χ2n) is 5.30. The Kier molecular flexibility index (Phi) is 4.57. The highest BCUT2D eigenvalue weighted by molar-refractivity contribution is 7.09. The highest BCUT2D eigenvalue weighted by Gasteiger charge is 2.29. The van der Waals surface area contributed by atoms with Gasteiger partial charge >= 0.3 is 0 Å². The first kappa shape index (κ1) is 13.0. The second-order valence-corrected chi connectivity index (χ2v) is 6.37. The number of hydrogen-bond acceptors (Lipinski definition) is 3. The smallest absolute Gasteiger partial charge is 0.0897 e. The summed E-state index contributed by atoms with van der Waals surface area (Å²) in [6.45, 7) is 4.42. The van der Waals surface area contributed by atoms with E-state index < -0.39 is 0 Å². The topological polar surface area (TPSA) is 24.9 Å². The molecule has 0 saturated heterocycles. The van der Waals surface area contributed by atoms with Crippen molar-refractivity contribution in [1.82, 2.24) is 10.3 Å². The normalized spacial score (nSPS) is 29.5. The van der Waals surface area contributed by atoms with Crippen LogP contribution < -0.4 is 5.32 Å². The highest BCUT2D eigenvalue weighted by atomic mass is 32.1. The van der Waals surface area contributed by atoms with E-state index in [1.165, 1.54) is 36.4 Å². The van der Waals surface area contributed by atoms with Crippen LogP contribution in [0.4, 0.5) is 0 Å². The van der Waals surface area contributed by atoms with Gasteiger partial charge < -0.3 is 5.32 Å². The lowest BCUT2D eigenvalue weighted by atomic mass is 9.75. The lowest BCUT2D eigenvalue weighted by molar-refractivity contribution is 0.204. The minimum atomic E-state index is 0.694. The molecule has 1 aliphatic carbocycles. The van der Waals surface area contributed by atoms with Crippen LogP contribution in [0.25, 0.3) is 0 Å². The Bertz CT molecular complexity index is 348. The molecular formula is C14H24N2S. The van der Waals surface area contributed by atoms with Gasteiger partial charge in [-0.3, -0.25) is 0 Å². The Morgan fingerprint density at radius 3 is 2.88 bits per heavy atom. The zero-order chi connectivity index (χ0) is 12.3. The van der Waals surface area contributed by atoms with Crippen LogP contribution in [0, 0.1) is 18.8 Å². The summed E-state index contributed by atoms with van der Waals surface area (Å²) in [7, 11) is 2.11. The molecule has 1 heterocycles. The molecule has 0 spiro atoms. The first-order chi connectivity index (χ1) is 8.22. The maximum Gasteiger partial charge on any atom is 0.0897 e. The summed E-state index contributed by atoms with van der Waals surface area (Å²) in [4.78, 5) is 4.62. The molecule has 0 aliphatic heterocycles. The lowest BCUT2D eigenvalue weighted by Gasteiger charge is -2.35. The van der Waals surface area contributed by atoms with Gasteiger partial charge in [0.05, 0.1) is 10.7 Å². The standard InChI is InChI=1S/C14H24N2S/c1-4-11-5-6-14(15-3)12(7-11)8-13-9-17-10(2)16-13/h9,11-12,14-15H,4-8H2,1-3H3. The first-order valence-corrected chi connectivity index (χ1v) is 7.69.